The number of benzene rings is 3. The molecule has 4 rings (SSSR count). The van der Waals surface area contributed by atoms with Gasteiger partial charge in [0, 0.05) is 42.7 Å². The van der Waals surface area contributed by atoms with E-state index in [0.717, 1.165) is 5.56 Å². The van der Waals surface area contributed by atoms with Gasteiger partial charge in [-0.05, 0) is 29.3 Å². The minimum Gasteiger partial charge on any atom is -0.336 e. The molecular weight excluding hydrogens is 434 g/mol. The minimum absolute atomic E-state index is 0.171. The average molecular weight is 458 g/mol. The van der Waals surface area contributed by atoms with Crippen molar-refractivity contribution in [2.45, 2.75) is 0 Å². The second-order valence-corrected chi connectivity index (χ2v) is 9.47. The van der Waals surface area contributed by atoms with Crippen LogP contribution >= 0.6 is 0 Å². The largest absolute Gasteiger partial charge is 0.336 e. The number of hydrogen-bond acceptors (Lipinski definition) is 4. The number of nitriles is 1. The molecule has 3 aromatic carbocycles. The van der Waals surface area contributed by atoms with Gasteiger partial charge >= 0.3 is 0 Å². The van der Waals surface area contributed by atoms with Gasteiger partial charge in [-0.2, -0.15) is 9.57 Å². The van der Waals surface area contributed by atoms with Crippen LogP contribution in [-0.2, 0) is 10.0 Å². The van der Waals surface area contributed by atoms with Crippen LogP contribution < -0.4 is 0 Å². The summed E-state index contributed by atoms with van der Waals surface area (Å²) in [5, 5.41) is 10.7. The maximum atomic E-state index is 13.3. The molecule has 0 atom stereocenters. The highest BCUT2D eigenvalue weighted by Gasteiger charge is 2.29. The van der Waals surface area contributed by atoms with Crippen LogP contribution in [0, 0.1) is 11.3 Å². The van der Waals surface area contributed by atoms with Crippen LogP contribution in [0.5, 0.6) is 0 Å². The summed E-state index contributed by atoms with van der Waals surface area (Å²) >= 11 is 0. The van der Waals surface area contributed by atoms with Gasteiger partial charge in [0.1, 0.15) is 0 Å². The maximum Gasteiger partial charge on any atom is 0.254 e. The van der Waals surface area contributed by atoms with Crippen molar-refractivity contribution in [3.05, 3.63) is 101 Å². The summed E-state index contributed by atoms with van der Waals surface area (Å²) in [5.74, 6) is -0.171. The maximum absolute atomic E-state index is 13.3. The molecule has 1 heterocycles. The predicted molar refractivity (Wildman–Crippen MR) is 128 cm³/mol. The van der Waals surface area contributed by atoms with Gasteiger partial charge in [0.15, 0.2) is 0 Å². The molecule has 166 valence electrons. The highest BCUT2D eigenvalue weighted by atomic mass is 32.2. The number of amides is 1. The molecule has 1 fully saturated rings. The second kappa shape index (κ2) is 9.82. The van der Waals surface area contributed by atoms with Crippen molar-refractivity contribution in [3.63, 3.8) is 0 Å². The van der Waals surface area contributed by atoms with Crippen LogP contribution in [0.2, 0.25) is 0 Å². The lowest BCUT2D eigenvalue weighted by atomic mass is 9.95. The lowest BCUT2D eigenvalue weighted by Gasteiger charge is -2.33. The molecule has 0 N–H and O–H groups in total. The highest BCUT2D eigenvalue weighted by molar-refractivity contribution is 7.92. The van der Waals surface area contributed by atoms with Crippen molar-refractivity contribution < 1.29 is 13.2 Å². The fraction of sp³-hybridized carbons (Fsp3) is 0.154. The topological polar surface area (TPSA) is 81.5 Å². The number of piperazine rings is 1. The van der Waals surface area contributed by atoms with Gasteiger partial charge in [0.2, 0.25) is 10.0 Å². The van der Waals surface area contributed by atoms with Crippen LogP contribution in [0.25, 0.3) is 17.2 Å². The Hall–Kier alpha value is -3.73. The van der Waals surface area contributed by atoms with Gasteiger partial charge < -0.3 is 4.90 Å². The van der Waals surface area contributed by atoms with Crippen molar-refractivity contribution in [3.8, 4) is 17.2 Å². The molecule has 1 saturated heterocycles. The molecule has 0 aliphatic carbocycles. The highest BCUT2D eigenvalue weighted by Crippen LogP contribution is 2.28. The Labute approximate surface area is 194 Å². The molecule has 0 saturated carbocycles. The van der Waals surface area contributed by atoms with Crippen molar-refractivity contribution in [2.24, 2.45) is 0 Å². The minimum atomic E-state index is -3.58. The molecule has 1 aliphatic heterocycles. The van der Waals surface area contributed by atoms with E-state index in [2.05, 4.69) is 6.07 Å². The molecule has 7 heteroatoms. The molecule has 33 heavy (non-hydrogen) atoms. The average Bonchev–Trinajstić information content (AvgIpc) is 2.88. The number of carbonyl (C=O) groups is 1. The molecular formula is C26H23N3O3S. The zero-order valence-electron chi connectivity index (χ0n) is 18.0. The third-order valence-corrected chi connectivity index (χ3v) is 7.18. The molecule has 1 aliphatic rings. The standard InChI is InChI=1S/C26H23N3O3S/c27-20-22-10-4-5-11-23(22)24-12-6-7-13-25(24)26(30)28-15-17-29(18-16-28)33(31,32)19-14-21-8-2-1-3-9-21/h1-14,19H,15-18H2. The summed E-state index contributed by atoms with van der Waals surface area (Å²) in [6.45, 7) is 1.05. The lowest BCUT2D eigenvalue weighted by molar-refractivity contribution is 0.0699. The first-order valence-corrected chi connectivity index (χ1v) is 12.1. The van der Waals surface area contributed by atoms with Crippen molar-refractivity contribution in [1.29, 1.82) is 5.26 Å². The number of nitrogens with zero attached hydrogens (tertiary/aromatic N) is 3. The Morgan fingerprint density at radius 2 is 1.42 bits per heavy atom. The number of carbonyl (C=O) groups excluding carboxylic acids is 1. The van der Waals surface area contributed by atoms with E-state index in [9.17, 15) is 18.5 Å². The van der Waals surface area contributed by atoms with E-state index in [0.29, 0.717) is 35.3 Å². The SMILES string of the molecule is N#Cc1ccccc1-c1ccccc1C(=O)N1CCN(S(=O)(=O)C=Cc2ccccc2)CC1. The van der Waals surface area contributed by atoms with Gasteiger partial charge in [-0.15, -0.1) is 0 Å². The van der Waals surface area contributed by atoms with Gasteiger partial charge in [-0.3, -0.25) is 4.79 Å². The van der Waals surface area contributed by atoms with Crippen LogP contribution in [0.4, 0.5) is 0 Å². The van der Waals surface area contributed by atoms with Crippen LogP contribution in [0.1, 0.15) is 21.5 Å². The fourth-order valence-electron chi connectivity index (χ4n) is 3.85. The molecule has 0 bridgehead atoms. The Bertz CT molecular complexity index is 1320. The fourth-order valence-corrected chi connectivity index (χ4v) is 5.02. The Balaban J connectivity index is 1.49. The lowest BCUT2D eigenvalue weighted by Crippen LogP contribution is -2.50. The van der Waals surface area contributed by atoms with Crippen LogP contribution in [0.15, 0.2) is 84.3 Å². The summed E-state index contributed by atoms with van der Waals surface area (Å²) in [5.41, 5.74) is 3.21. The monoisotopic (exact) mass is 457 g/mol. The summed E-state index contributed by atoms with van der Waals surface area (Å²) in [6.07, 6.45) is 1.58. The summed E-state index contributed by atoms with van der Waals surface area (Å²) in [7, 11) is -3.58. The normalized spacial score (nSPS) is 14.8. The van der Waals surface area contributed by atoms with Crippen molar-refractivity contribution >= 4 is 22.0 Å². The summed E-state index contributed by atoms with van der Waals surface area (Å²) < 4.78 is 26.8. The second-order valence-electron chi connectivity index (χ2n) is 7.65. The Kier molecular flexibility index (Phi) is 6.68. The first kappa shape index (κ1) is 22.5. The number of rotatable bonds is 5. The Morgan fingerprint density at radius 1 is 0.818 bits per heavy atom. The van der Waals surface area contributed by atoms with Gasteiger partial charge in [-0.25, -0.2) is 8.42 Å². The smallest absolute Gasteiger partial charge is 0.254 e. The van der Waals surface area contributed by atoms with E-state index in [-0.39, 0.29) is 19.0 Å². The first-order valence-electron chi connectivity index (χ1n) is 10.6. The van der Waals surface area contributed by atoms with Gasteiger partial charge in [0.25, 0.3) is 5.91 Å². The van der Waals surface area contributed by atoms with Gasteiger partial charge in [-0.1, -0.05) is 66.7 Å². The molecule has 0 spiro atoms. The molecule has 0 aromatic heterocycles. The number of hydrogen-bond donors (Lipinski definition) is 0. The van der Waals surface area contributed by atoms with Gasteiger partial charge in [0.05, 0.1) is 11.6 Å². The predicted octanol–water partition coefficient (Wildman–Crippen LogP) is 3.98. The third-order valence-electron chi connectivity index (χ3n) is 5.61. The van der Waals surface area contributed by atoms with Crippen LogP contribution in [0.3, 0.4) is 0 Å². The van der Waals surface area contributed by atoms with E-state index in [1.54, 1.807) is 35.2 Å². The van der Waals surface area contributed by atoms with E-state index < -0.39 is 10.0 Å². The molecule has 0 radical (unpaired) electrons. The molecule has 3 aromatic rings. The molecule has 1 amide bonds. The Morgan fingerprint density at radius 3 is 2.12 bits per heavy atom. The third kappa shape index (κ3) is 5.03. The van der Waals surface area contributed by atoms with Crippen LogP contribution in [-0.4, -0.2) is 49.7 Å². The van der Waals surface area contributed by atoms with E-state index in [1.165, 1.54) is 9.71 Å². The quantitative estimate of drug-likeness (QED) is 0.580. The van der Waals surface area contributed by atoms with E-state index in [4.69, 9.17) is 0 Å². The first-order chi connectivity index (χ1) is 16.0. The molecule has 6 nitrogen and oxygen atoms in total. The summed E-state index contributed by atoms with van der Waals surface area (Å²) in [4.78, 5) is 15.0. The number of sulfonamides is 1. The van der Waals surface area contributed by atoms with E-state index >= 15 is 0 Å². The van der Waals surface area contributed by atoms with Crippen molar-refractivity contribution in [1.82, 2.24) is 9.21 Å². The summed E-state index contributed by atoms with van der Waals surface area (Å²) in [6, 6.07) is 25.8. The zero-order chi connectivity index (χ0) is 23.3. The van der Waals surface area contributed by atoms with Crippen molar-refractivity contribution in [2.75, 3.05) is 26.2 Å². The molecule has 0 unspecified atom stereocenters. The van der Waals surface area contributed by atoms with E-state index in [1.807, 2.05) is 54.6 Å². The zero-order valence-corrected chi connectivity index (χ0v) is 18.8.